The van der Waals surface area contributed by atoms with Crippen molar-refractivity contribution in [3.63, 3.8) is 0 Å². The number of rotatable bonds is 2. The van der Waals surface area contributed by atoms with Crippen molar-refractivity contribution in [1.82, 2.24) is 9.78 Å². The van der Waals surface area contributed by atoms with E-state index in [2.05, 4.69) is 21.0 Å². The summed E-state index contributed by atoms with van der Waals surface area (Å²) in [6, 6.07) is 15.0. The average Bonchev–Trinajstić information content (AvgIpc) is 2.84. The predicted molar refractivity (Wildman–Crippen MR) is 91.1 cm³/mol. The summed E-state index contributed by atoms with van der Waals surface area (Å²) in [5, 5.41) is 5.50. The molecule has 0 saturated heterocycles. The van der Waals surface area contributed by atoms with Crippen LogP contribution in [0.5, 0.6) is 0 Å². The summed E-state index contributed by atoms with van der Waals surface area (Å²) in [5.41, 5.74) is 8.59. The molecular formula is C15H10BrCl2N3. The Bertz CT molecular complexity index is 814. The van der Waals surface area contributed by atoms with Gasteiger partial charge in [-0.3, -0.25) is 0 Å². The van der Waals surface area contributed by atoms with Gasteiger partial charge < -0.3 is 5.73 Å². The smallest absolute Gasteiger partial charge is 0.127 e. The lowest BCUT2D eigenvalue weighted by Crippen LogP contribution is -2.01. The zero-order chi connectivity index (χ0) is 15.0. The molecule has 0 saturated carbocycles. The van der Waals surface area contributed by atoms with Gasteiger partial charge in [0, 0.05) is 16.1 Å². The molecule has 0 aliphatic rings. The van der Waals surface area contributed by atoms with E-state index in [4.69, 9.17) is 28.9 Å². The molecule has 3 nitrogen and oxygen atoms in total. The number of hydrogen-bond donors (Lipinski definition) is 1. The monoisotopic (exact) mass is 381 g/mol. The molecule has 3 aromatic rings. The van der Waals surface area contributed by atoms with Crippen LogP contribution in [-0.2, 0) is 0 Å². The molecule has 6 heteroatoms. The van der Waals surface area contributed by atoms with Gasteiger partial charge in [0.25, 0.3) is 0 Å². The molecule has 106 valence electrons. The Morgan fingerprint density at radius 2 is 1.81 bits per heavy atom. The fraction of sp³-hybridized carbons (Fsp3) is 0. The molecule has 1 aromatic heterocycles. The highest BCUT2D eigenvalue weighted by Gasteiger charge is 2.10. The maximum Gasteiger partial charge on any atom is 0.127 e. The number of anilines is 1. The number of benzene rings is 2. The second-order valence-electron chi connectivity index (χ2n) is 4.48. The fourth-order valence-electron chi connectivity index (χ4n) is 2.01. The van der Waals surface area contributed by atoms with E-state index in [-0.39, 0.29) is 0 Å². The lowest BCUT2D eigenvalue weighted by molar-refractivity contribution is 0.895. The van der Waals surface area contributed by atoms with Crippen LogP contribution in [0.1, 0.15) is 0 Å². The van der Waals surface area contributed by atoms with Gasteiger partial charge in [0.15, 0.2) is 0 Å². The molecule has 0 bridgehead atoms. The van der Waals surface area contributed by atoms with Crippen molar-refractivity contribution in [3.05, 3.63) is 63.0 Å². The molecule has 0 aliphatic heterocycles. The highest BCUT2D eigenvalue weighted by molar-refractivity contribution is 9.10. The summed E-state index contributed by atoms with van der Waals surface area (Å²) in [6.07, 6.45) is 0. The fourth-order valence-corrected chi connectivity index (χ4v) is 2.70. The quantitative estimate of drug-likeness (QED) is 0.662. The number of hydrogen-bond acceptors (Lipinski definition) is 2. The lowest BCUT2D eigenvalue weighted by Gasteiger charge is -2.05. The third-order valence-electron chi connectivity index (χ3n) is 3.01. The molecule has 0 radical (unpaired) electrons. The molecule has 0 atom stereocenters. The Morgan fingerprint density at radius 1 is 1.00 bits per heavy atom. The number of halogens is 3. The summed E-state index contributed by atoms with van der Waals surface area (Å²) in [6.45, 7) is 0. The first-order chi connectivity index (χ1) is 10.0. The first-order valence-corrected chi connectivity index (χ1v) is 7.66. The van der Waals surface area contributed by atoms with Gasteiger partial charge >= 0.3 is 0 Å². The molecule has 0 spiro atoms. The minimum absolute atomic E-state index is 0.466. The summed E-state index contributed by atoms with van der Waals surface area (Å²) in [4.78, 5) is 0. The van der Waals surface area contributed by atoms with Crippen molar-refractivity contribution >= 4 is 44.9 Å². The topological polar surface area (TPSA) is 43.8 Å². The van der Waals surface area contributed by atoms with E-state index in [1.165, 1.54) is 0 Å². The number of nitrogen functional groups attached to an aromatic ring is 1. The van der Waals surface area contributed by atoms with Crippen LogP contribution in [0.3, 0.4) is 0 Å². The third kappa shape index (κ3) is 2.93. The molecular weight excluding hydrogens is 373 g/mol. The Hall–Kier alpha value is -1.49. The van der Waals surface area contributed by atoms with Crippen LogP contribution in [0.15, 0.2) is 53.0 Å². The van der Waals surface area contributed by atoms with E-state index >= 15 is 0 Å². The van der Waals surface area contributed by atoms with E-state index in [0.29, 0.717) is 15.9 Å². The van der Waals surface area contributed by atoms with Crippen molar-refractivity contribution in [2.75, 3.05) is 5.73 Å². The molecule has 2 N–H and O–H groups in total. The lowest BCUT2D eigenvalue weighted by atomic mass is 10.2. The Kier molecular flexibility index (Phi) is 3.93. The molecule has 2 aromatic carbocycles. The highest BCUT2D eigenvalue weighted by Crippen LogP contribution is 2.28. The zero-order valence-electron chi connectivity index (χ0n) is 10.7. The van der Waals surface area contributed by atoms with E-state index in [1.54, 1.807) is 16.8 Å². The van der Waals surface area contributed by atoms with Crippen molar-refractivity contribution < 1.29 is 0 Å². The van der Waals surface area contributed by atoms with Gasteiger partial charge in [0.2, 0.25) is 0 Å². The SMILES string of the molecule is Nc1cc(-c2cccc(Br)c2)nn1-c1ccc(Cl)c(Cl)c1. The summed E-state index contributed by atoms with van der Waals surface area (Å²) >= 11 is 15.4. The molecule has 1 heterocycles. The summed E-state index contributed by atoms with van der Waals surface area (Å²) in [5.74, 6) is 0.531. The number of nitrogens with zero attached hydrogens (tertiary/aromatic N) is 2. The zero-order valence-corrected chi connectivity index (χ0v) is 13.8. The van der Waals surface area contributed by atoms with E-state index in [9.17, 15) is 0 Å². The summed E-state index contributed by atoms with van der Waals surface area (Å²) in [7, 11) is 0. The Balaban J connectivity index is 2.07. The second-order valence-corrected chi connectivity index (χ2v) is 6.21. The average molecular weight is 383 g/mol. The molecule has 0 amide bonds. The first-order valence-electron chi connectivity index (χ1n) is 6.11. The van der Waals surface area contributed by atoms with Crippen LogP contribution in [-0.4, -0.2) is 9.78 Å². The summed E-state index contributed by atoms with van der Waals surface area (Å²) < 4.78 is 2.63. The van der Waals surface area contributed by atoms with Crippen LogP contribution in [0.25, 0.3) is 16.9 Å². The predicted octanol–water partition coefficient (Wildman–Crippen LogP) is 5.19. The van der Waals surface area contributed by atoms with Crippen molar-refractivity contribution in [2.24, 2.45) is 0 Å². The number of nitrogens with two attached hydrogens (primary N) is 1. The molecule has 3 rings (SSSR count). The molecule has 0 aliphatic carbocycles. The first kappa shape index (κ1) is 14.4. The van der Waals surface area contributed by atoms with Crippen molar-refractivity contribution in [2.45, 2.75) is 0 Å². The normalized spacial score (nSPS) is 10.8. The largest absolute Gasteiger partial charge is 0.384 e. The van der Waals surface area contributed by atoms with Gasteiger partial charge in [-0.15, -0.1) is 0 Å². The highest BCUT2D eigenvalue weighted by atomic mass is 79.9. The van der Waals surface area contributed by atoms with Crippen LogP contribution in [0.4, 0.5) is 5.82 Å². The molecule has 0 fully saturated rings. The second kappa shape index (κ2) is 5.72. The Morgan fingerprint density at radius 3 is 2.52 bits per heavy atom. The Labute approximate surface area is 140 Å². The van der Waals surface area contributed by atoms with Crippen LogP contribution >= 0.6 is 39.1 Å². The van der Waals surface area contributed by atoms with Gasteiger partial charge in [-0.2, -0.15) is 5.10 Å². The van der Waals surface area contributed by atoms with Crippen LogP contribution in [0.2, 0.25) is 10.0 Å². The van der Waals surface area contributed by atoms with Gasteiger partial charge in [0.05, 0.1) is 21.4 Å². The van der Waals surface area contributed by atoms with Gasteiger partial charge in [0.1, 0.15) is 5.82 Å². The van der Waals surface area contributed by atoms with Crippen molar-refractivity contribution in [3.8, 4) is 16.9 Å². The van der Waals surface area contributed by atoms with E-state index < -0.39 is 0 Å². The standard InChI is InChI=1S/C15H10BrCl2N3/c16-10-3-1-2-9(6-10)14-8-15(19)21(20-14)11-4-5-12(17)13(18)7-11/h1-8H,19H2. The minimum Gasteiger partial charge on any atom is -0.384 e. The van der Waals surface area contributed by atoms with Crippen molar-refractivity contribution in [1.29, 1.82) is 0 Å². The maximum absolute atomic E-state index is 6.05. The number of aromatic nitrogens is 2. The van der Waals surface area contributed by atoms with Gasteiger partial charge in [-0.25, -0.2) is 4.68 Å². The minimum atomic E-state index is 0.466. The van der Waals surface area contributed by atoms with Gasteiger partial charge in [-0.1, -0.05) is 51.3 Å². The molecule has 0 unspecified atom stereocenters. The van der Waals surface area contributed by atoms with E-state index in [0.717, 1.165) is 21.4 Å². The van der Waals surface area contributed by atoms with Gasteiger partial charge in [-0.05, 0) is 30.3 Å². The molecule has 21 heavy (non-hydrogen) atoms. The van der Waals surface area contributed by atoms with Crippen LogP contribution < -0.4 is 5.73 Å². The third-order valence-corrected chi connectivity index (χ3v) is 4.24. The maximum atomic E-state index is 6.05. The van der Waals surface area contributed by atoms with Crippen LogP contribution in [0, 0.1) is 0 Å². The van der Waals surface area contributed by atoms with E-state index in [1.807, 2.05) is 36.4 Å².